The van der Waals surface area contributed by atoms with Gasteiger partial charge in [-0.25, -0.2) is 4.98 Å². The quantitative estimate of drug-likeness (QED) is 0.864. The maximum atomic E-state index is 4.63. The zero-order valence-corrected chi connectivity index (χ0v) is 13.0. The lowest BCUT2D eigenvalue weighted by Gasteiger charge is -2.23. The molecule has 0 saturated carbocycles. The van der Waals surface area contributed by atoms with E-state index in [-0.39, 0.29) is 0 Å². The lowest BCUT2D eigenvalue weighted by Crippen LogP contribution is -2.22. The molecule has 0 aliphatic carbocycles. The molecule has 0 aliphatic rings. The van der Waals surface area contributed by atoms with Crippen LogP contribution in [0.4, 0.5) is 0 Å². The van der Waals surface area contributed by atoms with Crippen LogP contribution in [0.2, 0.25) is 0 Å². The van der Waals surface area contributed by atoms with Crippen molar-refractivity contribution in [3.05, 3.63) is 26.1 Å². The van der Waals surface area contributed by atoms with Crippen LogP contribution in [0.1, 0.15) is 39.1 Å². The van der Waals surface area contributed by atoms with Gasteiger partial charge < -0.3 is 0 Å². The highest BCUT2D eigenvalue weighted by Crippen LogP contribution is 2.27. The molecule has 0 aromatic carbocycles. The molecule has 1 atom stereocenters. The maximum absolute atomic E-state index is 4.63. The molecule has 4 nitrogen and oxygen atoms in total. The van der Waals surface area contributed by atoms with Crippen LogP contribution in [0.15, 0.2) is 0 Å². The number of nitrogens with zero attached hydrogens (tertiary/aromatic N) is 4. The van der Waals surface area contributed by atoms with Gasteiger partial charge in [-0.15, -0.1) is 16.4 Å². The van der Waals surface area contributed by atoms with E-state index in [1.807, 2.05) is 6.92 Å². The van der Waals surface area contributed by atoms with Crippen molar-refractivity contribution in [1.82, 2.24) is 19.5 Å². The first kappa shape index (κ1) is 13.6. The molecule has 0 bridgehead atoms. The second kappa shape index (κ2) is 5.42. The topological polar surface area (TPSA) is 41.9 Å². The van der Waals surface area contributed by atoms with E-state index in [0.29, 0.717) is 6.04 Å². The fourth-order valence-corrected chi connectivity index (χ4v) is 3.50. The third-order valence-corrected chi connectivity index (χ3v) is 4.84. The van der Waals surface area contributed by atoms with E-state index >= 15 is 0 Å². The number of hydrogen-bond acceptors (Lipinski definition) is 6. The number of aryl methyl sites for hydroxylation is 3. The minimum Gasteiger partial charge on any atom is -0.293 e. The summed E-state index contributed by atoms with van der Waals surface area (Å²) in [5, 5.41) is 5.19. The summed E-state index contributed by atoms with van der Waals surface area (Å²) < 4.78 is 3.98. The molecule has 0 amide bonds. The second-order valence-corrected chi connectivity index (χ2v) is 6.79. The van der Waals surface area contributed by atoms with E-state index in [9.17, 15) is 0 Å². The Hall–Kier alpha value is -0.850. The molecule has 18 heavy (non-hydrogen) atoms. The van der Waals surface area contributed by atoms with E-state index in [0.717, 1.165) is 17.2 Å². The van der Waals surface area contributed by atoms with Crippen molar-refractivity contribution in [2.24, 2.45) is 0 Å². The summed E-state index contributed by atoms with van der Waals surface area (Å²) in [6.07, 6.45) is 0. The highest BCUT2D eigenvalue weighted by molar-refractivity contribution is 7.11. The van der Waals surface area contributed by atoms with Gasteiger partial charge in [0.15, 0.2) is 0 Å². The highest BCUT2D eigenvalue weighted by Gasteiger charge is 2.19. The first-order valence-corrected chi connectivity index (χ1v) is 7.50. The number of thiazole rings is 1. The Labute approximate surface area is 116 Å². The van der Waals surface area contributed by atoms with Gasteiger partial charge in [0.1, 0.15) is 0 Å². The molecule has 0 aliphatic heterocycles. The van der Waals surface area contributed by atoms with Crippen LogP contribution >= 0.6 is 22.9 Å². The Morgan fingerprint density at radius 2 is 2.00 bits per heavy atom. The van der Waals surface area contributed by atoms with Crippen LogP contribution in [0.3, 0.4) is 0 Å². The molecule has 2 aromatic rings. The number of rotatable bonds is 4. The second-order valence-electron chi connectivity index (χ2n) is 4.55. The highest BCUT2D eigenvalue weighted by atomic mass is 32.1. The van der Waals surface area contributed by atoms with Gasteiger partial charge >= 0.3 is 0 Å². The largest absolute Gasteiger partial charge is 0.293 e. The first-order valence-electron chi connectivity index (χ1n) is 5.91. The van der Waals surface area contributed by atoms with Gasteiger partial charge in [-0.1, -0.05) is 4.49 Å². The molecule has 0 N–H and O–H groups in total. The van der Waals surface area contributed by atoms with E-state index < -0.39 is 0 Å². The fourth-order valence-electron chi connectivity index (χ4n) is 1.90. The third kappa shape index (κ3) is 2.76. The van der Waals surface area contributed by atoms with Crippen molar-refractivity contribution in [1.29, 1.82) is 0 Å². The Balaban J connectivity index is 2.12. The summed E-state index contributed by atoms with van der Waals surface area (Å²) in [4.78, 5) is 9.47. The zero-order chi connectivity index (χ0) is 13.3. The molecule has 2 rings (SSSR count). The summed E-state index contributed by atoms with van der Waals surface area (Å²) in [7, 11) is 2.12. The molecule has 0 saturated heterocycles. The maximum Gasteiger partial charge on any atom is 0.0900 e. The average molecular weight is 282 g/mol. The molecule has 0 spiro atoms. The van der Waals surface area contributed by atoms with Crippen LogP contribution in [0.5, 0.6) is 0 Å². The lowest BCUT2D eigenvalue weighted by atomic mass is 10.2. The predicted molar refractivity (Wildman–Crippen MR) is 76.1 cm³/mol. The van der Waals surface area contributed by atoms with E-state index in [1.54, 1.807) is 11.3 Å². The molecule has 0 fully saturated rings. The van der Waals surface area contributed by atoms with E-state index in [1.165, 1.54) is 27.0 Å². The average Bonchev–Trinajstić information content (AvgIpc) is 2.85. The predicted octanol–water partition coefficient (Wildman–Crippen LogP) is 3.11. The van der Waals surface area contributed by atoms with Crippen molar-refractivity contribution in [2.45, 2.75) is 40.3 Å². The van der Waals surface area contributed by atoms with Gasteiger partial charge in [-0.05, 0) is 46.3 Å². The minimum absolute atomic E-state index is 0.316. The van der Waals surface area contributed by atoms with Crippen LogP contribution in [-0.2, 0) is 6.54 Å². The smallest absolute Gasteiger partial charge is 0.0900 e. The monoisotopic (exact) mass is 282 g/mol. The molecule has 98 valence electrons. The molecule has 6 heteroatoms. The van der Waals surface area contributed by atoms with Crippen LogP contribution in [0.25, 0.3) is 0 Å². The normalized spacial score (nSPS) is 13.2. The van der Waals surface area contributed by atoms with Gasteiger partial charge in [0.05, 0.1) is 27.3 Å². The van der Waals surface area contributed by atoms with E-state index in [4.69, 9.17) is 0 Å². The SMILES string of the molecule is Cc1nc([C@H](C)N(C)Cc2snnc2C)c(C)s1. The summed E-state index contributed by atoms with van der Waals surface area (Å²) in [6.45, 7) is 9.29. The number of aromatic nitrogens is 3. The molecule has 2 heterocycles. The third-order valence-electron chi connectivity index (χ3n) is 3.13. The minimum atomic E-state index is 0.316. The van der Waals surface area contributed by atoms with Gasteiger partial charge in [-0.2, -0.15) is 0 Å². The Bertz CT molecular complexity index is 532. The Kier molecular flexibility index (Phi) is 4.09. The van der Waals surface area contributed by atoms with Gasteiger partial charge in [-0.3, -0.25) is 4.90 Å². The molecular formula is C12H18N4S2. The molecule has 0 unspecified atom stereocenters. The van der Waals surface area contributed by atoms with E-state index in [2.05, 4.69) is 47.3 Å². The van der Waals surface area contributed by atoms with Crippen LogP contribution in [0, 0.1) is 20.8 Å². The molecular weight excluding hydrogens is 264 g/mol. The van der Waals surface area contributed by atoms with Gasteiger partial charge in [0.2, 0.25) is 0 Å². The first-order chi connectivity index (χ1) is 8.49. The fraction of sp³-hybridized carbons (Fsp3) is 0.583. The zero-order valence-electron chi connectivity index (χ0n) is 11.4. The van der Waals surface area contributed by atoms with Gasteiger partial charge in [0, 0.05) is 11.4 Å². The van der Waals surface area contributed by atoms with Crippen molar-refractivity contribution in [3.8, 4) is 0 Å². The molecule has 0 radical (unpaired) electrons. The van der Waals surface area contributed by atoms with Crippen LogP contribution < -0.4 is 0 Å². The summed E-state index contributed by atoms with van der Waals surface area (Å²) in [6, 6.07) is 0.316. The summed E-state index contributed by atoms with van der Waals surface area (Å²) >= 11 is 3.25. The Morgan fingerprint density at radius 3 is 2.50 bits per heavy atom. The van der Waals surface area contributed by atoms with Crippen molar-refractivity contribution < 1.29 is 0 Å². The summed E-state index contributed by atoms with van der Waals surface area (Å²) in [5.74, 6) is 0. The standard InChI is InChI=1S/C12H18N4S2/c1-7-11(18-15-14-7)6-16(5)8(2)12-9(3)17-10(4)13-12/h8H,6H2,1-5H3/t8-/m0/s1. The lowest BCUT2D eigenvalue weighted by molar-refractivity contribution is 0.250. The van der Waals surface area contributed by atoms with Gasteiger partial charge in [0.25, 0.3) is 0 Å². The molecule has 2 aromatic heterocycles. The number of hydrogen-bond donors (Lipinski definition) is 0. The van der Waals surface area contributed by atoms with Crippen LogP contribution in [-0.4, -0.2) is 26.5 Å². The van der Waals surface area contributed by atoms with Crippen molar-refractivity contribution in [2.75, 3.05) is 7.05 Å². The van der Waals surface area contributed by atoms with Crippen molar-refractivity contribution >= 4 is 22.9 Å². The van der Waals surface area contributed by atoms with Crippen molar-refractivity contribution in [3.63, 3.8) is 0 Å². The Morgan fingerprint density at radius 1 is 1.28 bits per heavy atom. The summed E-state index contributed by atoms with van der Waals surface area (Å²) in [5.41, 5.74) is 2.22.